The third-order valence-corrected chi connectivity index (χ3v) is 3.40. The standard InChI is InChI=1S/C13H14FN3O2S/c1-17(12(18)10-7-20-13(15)16-10)6-8-3-4-11(19-2)9(14)5-8/h3-5,7H,6H2,1-2H3,(H2,15,16). The van der Waals surface area contributed by atoms with E-state index >= 15 is 0 Å². The quantitative estimate of drug-likeness (QED) is 0.938. The fraction of sp³-hybridized carbons (Fsp3) is 0.231. The van der Waals surface area contributed by atoms with Gasteiger partial charge in [0.1, 0.15) is 5.69 Å². The number of rotatable bonds is 4. The minimum atomic E-state index is -0.455. The number of benzene rings is 1. The molecule has 0 bridgehead atoms. The lowest BCUT2D eigenvalue weighted by molar-refractivity contribution is 0.0780. The number of nitrogen functional groups attached to an aromatic ring is 1. The van der Waals surface area contributed by atoms with E-state index in [9.17, 15) is 9.18 Å². The number of carbonyl (C=O) groups excluding carboxylic acids is 1. The molecule has 0 aliphatic carbocycles. The molecule has 0 saturated heterocycles. The Morgan fingerprint density at radius 3 is 2.85 bits per heavy atom. The number of nitrogens with zero attached hydrogens (tertiary/aromatic N) is 2. The van der Waals surface area contributed by atoms with Crippen molar-refractivity contribution in [2.45, 2.75) is 6.54 Å². The summed E-state index contributed by atoms with van der Waals surface area (Å²) in [5, 5.41) is 1.94. The maximum Gasteiger partial charge on any atom is 0.273 e. The summed E-state index contributed by atoms with van der Waals surface area (Å²) < 4.78 is 18.4. The van der Waals surface area contributed by atoms with Gasteiger partial charge >= 0.3 is 0 Å². The summed E-state index contributed by atoms with van der Waals surface area (Å²) in [4.78, 5) is 17.4. The molecule has 20 heavy (non-hydrogen) atoms. The maximum atomic E-state index is 13.6. The average molecular weight is 295 g/mol. The maximum absolute atomic E-state index is 13.6. The van der Waals surface area contributed by atoms with Gasteiger partial charge in [-0.2, -0.15) is 0 Å². The Balaban J connectivity index is 2.09. The van der Waals surface area contributed by atoms with Gasteiger partial charge < -0.3 is 15.4 Å². The van der Waals surface area contributed by atoms with Crippen LogP contribution in [0.4, 0.5) is 9.52 Å². The first-order valence-corrected chi connectivity index (χ1v) is 6.68. The molecule has 0 radical (unpaired) electrons. The number of methoxy groups -OCH3 is 1. The Kier molecular flexibility index (Phi) is 4.19. The van der Waals surface area contributed by atoms with Gasteiger partial charge in [-0.25, -0.2) is 9.37 Å². The summed E-state index contributed by atoms with van der Waals surface area (Å²) in [6.07, 6.45) is 0. The number of ether oxygens (including phenoxy) is 1. The minimum Gasteiger partial charge on any atom is -0.494 e. The zero-order valence-electron chi connectivity index (χ0n) is 11.1. The SMILES string of the molecule is COc1ccc(CN(C)C(=O)c2csc(N)n2)cc1F. The van der Waals surface area contributed by atoms with Crippen LogP contribution in [-0.4, -0.2) is 29.9 Å². The fourth-order valence-electron chi connectivity index (χ4n) is 1.74. The second kappa shape index (κ2) is 5.87. The number of hydrogen-bond donors (Lipinski definition) is 1. The van der Waals surface area contributed by atoms with Crippen molar-refractivity contribution < 1.29 is 13.9 Å². The highest BCUT2D eigenvalue weighted by Crippen LogP contribution is 2.19. The molecule has 0 aliphatic rings. The van der Waals surface area contributed by atoms with Gasteiger partial charge in [0.2, 0.25) is 0 Å². The molecular weight excluding hydrogens is 281 g/mol. The van der Waals surface area contributed by atoms with Crippen molar-refractivity contribution in [2.24, 2.45) is 0 Å². The summed E-state index contributed by atoms with van der Waals surface area (Å²) >= 11 is 1.21. The van der Waals surface area contributed by atoms with Crippen LogP contribution in [0.3, 0.4) is 0 Å². The van der Waals surface area contributed by atoms with E-state index < -0.39 is 5.82 Å². The number of carbonyl (C=O) groups is 1. The Morgan fingerprint density at radius 1 is 1.55 bits per heavy atom. The smallest absolute Gasteiger partial charge is 0.273 e. The van der Waals surface area contributed by atoms with Crippen LogP contribution in [0.1, 0.15) is 16.1 Å². The first-order chi connectivity index (χ1) is 9.51. The molecule has 2 N–H and O–H groups in total. The van der Waals surface area contributed by atoms with Crippen molar-refractivity contribution in [1.29, 1.82) is 0 Å². The number of hydrogen-bond acceptors (Lipinski definition) is 5. The largest absolute Gasteiger partial charge is 0.494 e. The molecule has 5 nitrogen and oxygen atoms in total. The van der Waals surface area contributed by atoms with Crippen LogP contribution in [0.25, 0.3) is 0 Å². The second-order valence-corrected chi connectivity index (χ2v) is 5.09. The molecule has 0 saturated carbocycles. The lowest BCUT2D eigenvalue weighted by Gasteiger charge is -2.16. The Labute approximate surface area is 119 Å². The first kappa shape index (κ1) is 14.3. The first-order valence-electron chi connectivity index (χ1n) is 5.80. The molecule has 0 fully saturated rings. The summed E-state index contributed by atoms with van der Waals surface area (Å²) in [5.74, 6) is -0.534. The van der Waals surface area contributed by atoms with E-state index in [-0.39, 0.29) is 18.2 Å². The van der Waals surface area contributed by atoms with E-state index in [1.165, 1.54) is 35.5 Å². The van der Waals surface area contributed by atoms with Gasteiger partial charge in [0.15, 0.2) is 16.7 Å². The molecule has 7 heteroatoms. The van der Waals surface area contributed by atoms with Crippen LogP contribution in [0.15, 0.2) is 23.6 Å². The predicted molar refractivity (Wildman–Crippen MR) is 75.3 cm³/mol. The van der Waals surface area contributed by atoms with Crippen molar-refractivity contribution >= 4 is 22.4 Å². The topological polar surface area (TPSA) is 68.5 Å². The van der Waals surface area contributed by atoms with Crippen molar-refractivity contribution in [3.8, 4) is 5.75 Å². The van der Waals surface area contributed by atoms with E-state index in [0.717, 1.165) is 0 Å². The molecule has 0 spiro atoms. The summed E-state index contributed by atoms with van der Waals surface area (Å²) in [6, 6.07) is 4.59. The van der Waals surface area contributed by atoms with Crippen LogP contribution >= 0.6 is 11.3 Å². The molecule has 0 unspecified atom stereocenters. The number of anilines is 1. The Bertz CT molecular complexity index is 630. The van der Waals surface area contributed by atoms with Gasteiger partial charge in [-0.3, -0.25) is 4.79 Å². The van der Waals surface area contributed by atoms with E-state index in [4.69, 9.17) is 10.5 Å². The number of halogens is 1. The molecule has 106 valence electrons. The van der Waals surface area contributed by atoms with Gasteiger partial charge in [0.25, 0.3) is 5.91 Å². The highest BCUT2D eigenvalue weighted by molar-refractivity contribution is 7.13. The van der Waals surface area contributed by atoms with Gasteiger partial charge in [-0.1, -0.05) is 6.07 Å². The normalized spacial score (nSPS) is 10.3. The summed E-state index contributed by atoms with van der Waals surface area (Å²) in [7, 11) is 3.03. The number of aromatic nitrogens is 1. The number of thiazole rings is 1. The molecule has 1 aromatic carbocycles. The van der Waals surface area contributed by atoms with E-state index in [1.807, 2.05) is 0 Å². The van der Waals surface area contributed by atoms with Gasteiger partial charge in [-0.05, 0) is 17.7 Å². The molecular formula is C13H14FN3O2S. The van der Waals surface area contributed by atoms with E-state index in [2.05, 4.69) is 4.98 Å². The molecule has 0 aliphatic heterocycles. The molecule has 2 rings (SSSR count). The van der Waals surface area contributed by atoms with E-state index in [0.29, 0.717) is 16.4 Å². The zero-order valence-corrected chi connectivity index (χ0v) is 11.9. The number of amides is 1. The predicted octanol–water partition coefficient (Wildman–Crippen LogP) is 2.15. The van der Waals surface area contributed by atoms with Crippen LogP contribution in [0.2, 0.25) is 0 Å². The third kappa shape index (κ3) is 3.05. The minimum absolute atomic E-state index is 0.176. The van der Waals surface area contributed by atoms with Crippen LogP contribution < -0.4 is 10.5 Å². The molecule has 2 aromatic rings. The molecule has 1 amide bonds. The summed E-state index contributed by atoms with van der Waals surface area (Å²) in [6.45, 7) is 0.275. The second-order valence-electron chi connectivity index (χ2n) is 4.20. The molecule has 0 atom stereocenters. The van der Waals surface area contributed by atoms with Gasteiger partial charge in [0, 0.05) is 19.0 Å². The monoisotopic (exact) mass is 295 g/mol. The van der Waals surface area contributed by atoms with Gasteiger partial charge in [-0.15, -0.1) is 11.3 Å². The fourth-order valence-corrected chi connectivity index (χ4v) is 2.27. The van der Waals surface area contributed by atoms with Crippen molar-refractivity contribution in [3.05, 3.63) is 40.7 Å². The molecule has 1 aromatic heterocycles. The average Bonchev–Trinajstić information content (AvgIpc) is 2.84. The van der Waals surface area contributed by atoms with Crippen molar-refractivity contribution in [2.75, 3.05) is 19.9 Å². The molecule has 1 heterocycles. The van der Waals surface area contributed by atoms with E-state index in [1.54, 1.807) is 18.5 Å². The van der Waals surface area contributed by atoms with Gasteiger partial charge in [0.05, 0.1) is 7.11 Å². The lowest BCUT2D eigenvalue weighted by Crippen LogP contribution is -2.26. The highest BCUT2D eigenvalue weighted by atomic mass is 32.1. The lowest BCUT2D eigenvalue weighted by atomic mass is 10.2. The highest BCUT2D eigenvalue weighted by Gasteiger charge is 2.15. The Morgan fingerprint density at radius 2 is 2.30 bits per heavy atom. The van der Waals surface area contributed by atoms with Crippen molar-refractivity contribution in [3.63, 3.8) is 0 Å². The van der Waals surface area contributed by atoms with Crippen LogP contribution in [0, 0.1) is 5.82 Å². The number of nitrogens with two attached hydrogens (primary N) is 1. The third-order valence-electron chi connectivity index (χ3n) is 2.72. The summed E-state index contributed by atoms with van der Waals surface area (Å²) in [5.41, 5.74) is 6.46. The van der Waals surface area contributed by atoms with Crippen LogP contribution in [0.5, 0.6) is 5.75 Å². The van der Waals surface area contributed by atoms with Crippen LogP contribution in [-0.2, 0) is 6.54 Å². The van der Waals surface area contributed by atoms with Crippen molar-refractivity contribution in [1.82, 2.24) is 9.88 Å². The zero-order chi connectivity index (χ0) is 14.7. The Hall–Kier alpha value is -2.15.